The number of sulfonamides is 1. The second-order valence-electron chi connectivity index (χ2n) is 5.96. The minimum atomic E-state index is -3.55. The molecular formula is C19H19BrN2O3S. The summed E-state index contributed by atoms with van der Waals surface area (Å²) >= 11 is 3.30. The Labute approximate surface area is 161 Å². The van der Waals surface area contributed by atoms with E-state index in [1.165, 1.54) is 4.31 Å². The lowest BCUT2D eigenvalue weighted by Crippen LogP contribution is -2.37. The molecule has 0 fully saturated rings. The van der Waals surface area contributed by atoms with Crippen molar-refractivity contribution in [3.8, 4) is 0 Å². The van der Waals surface area contributed by atoms with Gasteiger partial charge >= 0.3 is 0 Å². The molecule has 136 valence electrons. The predicted molar refractivity (Wildman–Crippen MR) is 104 cm³/mol. The topological polar surface area (TPSA) is 66.5 Å². The summed E-state index contributed by atoms with van der Waals surface area (Å²) in [5.41, 5.74) is 1.65. The number of amides is 1. The third-order valence-electron chi connectivity index (χ3n) is 4.21. The molecule has 0 bridgehead atoms. The number of carbonyl (C=O) groups excluding carboxylic acids is 1. The number of hydrogen-bond acceptors (Lipinski definition) is 3. The number of halogens is 1. The van der Waals surface area contributed by atoms with Crippen LogP contribution < -0.4 is 5.32 Å². The minimum absolute atomic E-state index is 0.144. The monoisotopic (exact) mass is 434 g/mol. The predicted octanol–water partition coefficient (Wildman–Crippen LogP) is 3.09. The van der Waals surface area contributed by atoms with E-state index in [0.717, 1.165) is 10.0 Å². The molecule has 1 heterocycles. The van der Waals surface area contributed by atoms with E-state index in [2.05, 4.69) is 21.2 Å². The van der Waals surface area contributed by atoms with Crippen LogP contribution in [0, 0.1) is 0 Å². The summed E-state index contributed by atoms with van der Waals surface area (Å²) in [6.07, 6.45) is 2.09. The first-order valence-corrected chi connectivity index (χ1v) is 10.5. The van der Waals surface area contributed by atoms with Gasteiger partial charge in [-0.25, -0.2) is 8.42 Å². The maximum atomic E-state index is 12.7. The van der Waals surface area contributed by atoms with E-state index in [1.54, 1.807) is 30.3 Å². The van der Waals surface area contributed by atoms with Crippen molar-refractivity contribution < 1.29 is 13.2 Å². The van der Waals surface area contributed by atoms with Crippen LogP contribution in [0.5, 0.6) is 0 Å². The van der Waals surface area contributed by atoms with Crippen LogP contribution in [0.25, 0.3) is 0 Å². The number of carbonyl (C=O) groups is 1. The number of benzene rings is 2. The Kier molecular flexibility index (Phi) is 5.90. The fourth-order valence-corrected chi connectivity index (χ4v) is 4.37. The molecule has 3 rings (SSSR count). The molecule has 1 aliphatic heterocycles. The number of hydrogen-bond donors (Lipinski definition) is 1. The fourth-order valence-electron chi connectivity index (χ4n) is 2.72. The van der Waals surface area contributed by atoms with Gasteiger partial charge in [-0.15, -0.1) is 0 Å². The molecule has 0 saturated carbocycles. The Morgan fingerprint density at radius 1 is 1.08 bits per heavy atom. The molecule has 2 aromatic rings. The summed E-state index contributed by atoms with van der Waals surface area (Å²) in [5.74, 6) is -0.144. The molecule has 0 radical (unpaired) electrons. The Morgan fingerprint density at radius 3 is 2.38 bits per heavy atom. The van der Waals surface area contributed by atoms with Crippen molar-refractivity contribution >= 4 is 31.9 Å². The summed E-state index contributed by atoms with van der Waals surface area (Å²) in [6, 6.07) is 16.2. The third kappa shape index (κ3) is 4.41. The van der Waals surface area contributed by atoms with Gasteiger partial charge in [0.25, 0.3) is 0 Å². The number of nitrogens with zero attached hydrogens (tertiary/aromatic N) is 1. The molecule has 1 aliphatic rings. The highest BCUT2D eigenvalue weighted by atomic mass is 79.9. The Bertz CT molecular complexity index is 910. The van der Waals surface area contributed by atoms with Gasteiger partial charge in [-0.1, -0.05) is 52.3 Å². The molecule has 0 aromatic heterocycles. The highest BCUT2D eigenvalue weighted by molar-refractivity contribution is 9.10. The van der Waals surface area contributed by atoms with Crippen molar-refractivity contribution in [2.45, 2.75) is 17.9 Å². The molecule has 1 amide bonds. The lowest BCUT2D eigenvalue weighted by Gasteiger charge is -2.25. The van der Waals surface area contributed by atoms with Crippen LogP contribution in [0.1, 0.15) is 12.0 Å². The van der Waals surface area contributed by atoms with Gasteiger partial charge in [0, 0.05) is 29.7 Å². The molecule has 0 aliphatic carbocycles. The third-order valence-corrected chi connectivity index (χ3v) is 6.62. The molecule has 2 aromatic carbocycles. The lowest BCUT2D eigenvalue weighted by molar-refractivity contribution is -0.117. The molecule has 7 heteroatoms. The lowest BCUT2D eigenvalue weighted by atomic mass is 10.1. The van der Waals surface area contributed by atoms with Gasteiger partial charge in [-0.3, -0.25) is 4.79 Å². The Morgan fingerprint density at radius 2 is 1.77 bits per heavy atom. The summed E-state index contributed by atoms with van der Waals surface area (Å²) in [4.78, 5) is 12.5. The summed E-state index contributed by atoms with van der Waals surface area (Å²) in [7, 11) is -3.55. The van der Waals surface area contributed by atoms with Crippen molar-refractivity contribution in [3.05, 3.63) is 76.3 Å². The van der Waals surface area contributed by atoms with E-state index >= 15 is 0 Å². The van der Waals surface area contributed by atoms with E-state index in [-0.39, 0.29) is 17.3 Å². The van der Waals surface area contributed by atoms with E-state index in [0.29, 0.717) is 25.1 Å². The molecule has 0 unspecified atom stereocenters. The summed E-state index contributed by atoms with van der Waals surface area (Å²) in [5, 5.41) is 2.88. The molecule has 1 N–H and O–H groups in total. The van der Waals surface area contributed by atoms with Crippen molar-refractivity contribution in [2.75, 3.05) is 13.1 Å². The maximum absolute atomic E-state index is 12.7. The van der Waals surface area contributed by atoms with Crippen LogP contribution >= 0.6 is 15.9 Å². The van der Waals surface area contributed by atoms with Crippen LogP contribution in [-0.2, 0) is 21.4 Å². The molecular weight excluding hydrogens is 416 g/mol. The van der Waals surface area contributed by atoms with E-state index in [9.17, 15) is 13.2 Å². The van der Waals surface area contributed by atoms with Gasteiger partial charge in [0.2, 0.25) is 15.9 Å². The zero-order chi connectivity index (χ0) is 18.6. The molecule has 0 atom stereocenters. The Balaban J connectivity index is 1.62. The molecule has 5 nitrogen and oxygen atoms in total. The summed E-state index contributed by atoms with van der Waals surface area (Å²) in [6.45, 7) is 0.952. The second kappa shape index (κ2) is 8.16. The average molecular weight is 435 g/mol. The second-order valence-corrected chi connectivity index (χ2v) is 8.82. The van der Waals surface area contributed by atoms with Crippen LogP contribution in [0.2, 0.25) is 0 Å². The van der Waals surface area contributed by atoms with Crippen LogP contribution in [0.4, 0.5) is 0 Å². The van der Waals surface area contributed by atoms with Crippen molar-refractivity contribution in [3.63, 3.8) is 0 Å². The first-order valence-electron chi connectivity index (χ1n) is 8.24. The highest BCUT2D eigenvalue weighted by Gasteiger charge is 2.27. The zero-order valence-electron chi connectivity index (χ0n) is 14.1. The fraction of sp³-hybridized carbons (Fsp3) is 0.211. The summed E-state index contributed by atoms with van der Waals surface area (Å²) < 4.78 is 27.6. The van der Waals surface area contributed by atoms with Gasteiger partial charge in [-0.2, -0.15) is 4.31 Å². The number of nitrogens with one attached hydrogen (secondary N) is 1. The highest BCUT2D eigenvalue weighted by Crippen LogP contribution is 2.22. The normalized spacial score (nSPS) is 15.3. The Hall–Kier alpha value is -1.96. The van der Waals surface area contributed by atoms with Gasteiger partial charge < -0.3 is 5.32 Å². The van der Waals surface area contributed by atoms with Crippen LogP contribution in [0.3, 0.4) is 0 Å². The van der Waals surface area contributed by atoms with Gasteiger partial charge in [0.1, 0.15) is 0 Å². The quantitative estimate of drug-likeness (QED) is 0.785. The standard InChI is InChI=1S/C19H19BrN2O3S/c20-17-6-8-18(9-7-17)26(24,25)22-12-10-16(11-13-22)19(23)21-14-15-4-2-1-3-5-15/h1-10H,11-14H2,(H,21,23). The van der Waals surface area contributed by atoms with Crippen molar-refractivity contribution in [1.29, 1.82) is 0 Å². The smallest absolute Gasteiger partial charge is 0.247 e. The van der Waals surface area contributed by atoms with Crippen molar-refractivity contribution in [2.24, 2.45) is 0 Å². The van der Waals surface area contributed by atoms with Gasteiger partial charge in [0.15, 0.2) is 0 Å². The molecule has 26 heavy (non-hydrogen) atoms. The number of rotatable bonds is 5. The SMILES string of the molecule is O=C(NCc1ccccc1)C1=CCN(S(=O)(=O)c2ccc(Br)cc2)CC1. The zero-order valence-corrected chi connectivity index (χ0v) is 16.5. The van der Waals surface area contributed by atoms with E-state index in [1.807, 2.05) is 30.3 Å². The largest absolute Gasteiger partial charge is 0.348 e. The van der Waals surface area contributed by atoms with E-state index in [4.69, 9.17) is 0 Å². The average Bonchev–Trinajstić information content (AvgIpc) is 2.67. The first kappa shape index (κ1) is 18.8. The van der Waals surface area contributed by atoms with Gasteiger partial charge in [-0.05, 0) is 36.2 Å². The molecule has 0 spiro atoms. The molecule has 0 saturated heterocycles. The van der Waals surface area contributed by atoms with Gasteiger partial charge in [0.05, 0.1) is 4.90 Å². The van der Waals surface area contributed by atoms with E-state index < -0.39 is 10.0 Å². The van der Waals surface area contributed by atoms with Crippen LogP contribution in [0.15, 0.2) is 75.6 Å². The van der Waals surface area contributed by atoms with Crippen LogP contribution in [-0.4, -0.2) is 31.7 Å². The minimum Gasteiger partial charge on any atom is -0.348 e. The maximum Gasteiger partial charge on any atom is 0.247 e. The van der Waals surface area contributed by atoms with Crippen molar-refractivity contribution in [1.82, 2.24) is 9.62 Å². The first-order chi connectivity index (χ1) is 12.5.